The molecule has 2 aliphatic heterocycles. The highest BCUT2D eigenvalue weighted by Crippen LogP contribution is 2.20. The topological polar surface area (TPSA) is 9.72 Å². The maximum atomic E-state index is 2.73. The molecule has 3 heteroatoms. The molecule has 0 amide bonds. The third-order valence-corrected chi connectivity index (χ3v) is 5.67. The molecule has 3 nitrogen and oxygen atoms in total. The van der Waals surface area contributed by atoms with Gasteiger partial charge in [-0.25, -0.2) is 0 Å². The van der Waals surface area contributed by atoms with Crippen molar-refractivity contribution in [3.05, 3.63) is 71.8 Å². The highest BCUT2D eigenvalue weighted by Gasteiger charge is 2.29. The van der Waals surface area contributed by atoms with E-state index in [0.717, 1.165) is 19.1 Å². The lowest BCUT2D eigenvalue weighted by Gasteiger charge is -2.38. The molecule has 0 aromatic heterocycles. The van der Waals surface area contributed by atoms with Crippen LogP contribution in [0.2, 0.25) is 0 Å². The minimum atomic E-state index is 0.752. The van der Waals surface area contributed by atoms with E-state index in [4.69, 9.17) is 0 Å². The van der Waals surface area contributed by atoms with Crippen molar-refractivity contribution < 1.29 is 0 Å². The minimum absolute atomic E-state index is 0.752. The Balaban J connectivity index is 1.23. The largest absolute Gasteiger partial charge is 0.297 e. The molecule has 2 aromatic rings. The molecular weight excluding hydrogens is 306 g/mol. The lowest BCUT2D eigenvalue weighted by atomic mass is 10.1. The summed E-state index contributed by atoms with van der Waals surface area (Å²) in [5, 5.41) is 0. The van der Waals surface area contributed by atoms with E-state index in [0.29, 0.717) is 0 Å². The molecule has 0 radical (unpaired) electrons. The van der Waals surface area contributed by atoms with E-state index in [1.165, 1.54) is 56.8 Å². The van der Waals surface area contributed by atoms with Crippen molar-refractivity contribution in [2.24, 2.45) is 0 Å². The Labute approximate surface area is 151 Å². The first-order valence-corrected chi connectivity index (χ1v) is 9.63. The third kappa shape index (κ3) is 4.49. The van der Waals surface area contributed by atoms with Gasteiger partial charge in [0, 0.05) is 58.4 Å². The molecule has 4 rings (SSSR count). The van der Waals surface area contributed by atoms with Crippen LogP contribution in [0.15, 0.2) is 60.7 Å². The average Bonchev–Trinajstić information content (AvgIpc) is 3.12. The third-order valence-electron chi connectivity index (χ3n) is 5.67. The Morgan fingerprint density at radius 1 is 0.640 bits per heavy atom. The number of piperazine rings is 1. The lowest BCUT2D eigenvalue weighted by molar-refractivity contribution is 0.0932. The van der Waals surface area contributed by atoms with Crippen molar-refractivity contribution in [2.75, 3.05) is 39.3 Å². The first-order chi connectivity index (χ1) is 12.4. The fourth-order valence-electron chi connectivity index (χ4n) is 4.22. The van der Waals surface area contributed by atoms with Gasteiger partial charge in [0.05, 0.1) is 0 Å². The monoisotopic (exact) mass is 335 g/mol. The van der Waals surface area contributed by atoms with Crippen molar-refractivity contribution in [3.63, 3.8) is 0 Å². The molecule has 1 unspecified atom stereocenters. The van der Waals surface area contributed by atoms with E-state index in [1.54, 1.807) is 0 Å². The molecule has 1 atom stereocenters. The fourth-order valence-corrected chi connectivity index (χ4v) is 4.22. The molecule has 0 saturated carbocycles. The molecule has 2 aromatic carbocycles. The van der Waals surface area contributed by atoms with Gasteiger partial charge in [-0.05, 0) is 17.5 Å². The summed E-state index contributed by atoms with van der Waals surface area (Å²) < 4.78 is 0. The predicted molar refractivity (Wildman–Crippen MR) is 103 cm³/mol. The molecular formula is C22H29N3. The summed E-state index contributed by atoms with van der Waals surface area (Å²) in [7, 11) is 0. The number of rotatable bonds is 5. The van der Waals surface area contributed by atoms with E-state index in [2.05, 4.69) is 75.4 Å². The van der Waals surface area contributed by atoms with Crippen LogP contribution in [0, 0.1) is 0 Å². The maximum absolute atomic E-state index is 2.73. The first-order valence-electron chi connectivity index (χ1n) is 9.63. The van der Waals surface area contributed by atoms with Gasteiger partial charge in [-0.2, -0.15) is 0 Å². The zero-order chi connectivity index (χ0) is 16.9. The van der Waals surface area contributed by atoms with Crippen molar-refractivity contribution in [3.8, 4) is 0 Å². The Kier molecular flexibility index (Phi) is 5.46. The van der Waals surface area contributed by atoms with Crippen LogP contribution in [0.25, 0.3) is 0 Å². The van der Waals surface area contributed by atoms with Crippen LogP contribution in [-0.2, 0) is 13.1 Å². The maximum Gasteiger partial charge on any atom is 0.0236 e. The number of hydrogen-bond acceptors (Lipinski definition) is 3. The summed E-state index contributed by atoms with van der Waals surface area (Å²) in [5.74, 6) is 0. The second kappa shape index (κ2) is 8.13. The Bertz CT molecular complexity index is 635. The number of benzene rings is 2. The van der Waals surface area contributed by atoms with Gasteiger partial charge >= 0.3 is 0 Å². The molecule has 0 N–H and O–H groups in total. The van der Waals surface area contributed by atoms with Crippen molar-refractivity contribution >= 4 is 0 Å². The van der Waals surface area contributed by atoms with Gasteiger partial charge in [0.25, 0.3) is 0 Å². The summed E-state index contributed by atoms with van der Waals surface area (Å²) in [6, 6.07) is 22.5. The average molecular weight is 335 g/mol. The van der Waals surface area contributed by atoms with E-state index >= 15 is 0 Å². The highest BCUT2D eigenvalue weighted by molar-refractivity contribution is 5.15. The molecule has 0 aliphatic carbocycles. The summed E-state index contributed by atoms with van der Waals surface area (Å²) in [6.07, 6.45) is 1.32. The van der Waals surface area contributed by atoms with Crippen LogP contribution in [0.4, 0.5) is 0 Å². The van der Waals surface area contributed by atoms with Crippen molar-refractivity contribution in [1.29, 1.82) is 0 Å². The Morgan fingerprint density at radius 2 is 1.20 bits per heavy atom. The second-order valence-electron chi connectivity index (χ2n) is 7.46. The highest BCUT2D eigenvalue weighted by atomic mass is 15.3. The summed E-state index contributed by atoms with van der Waals surface area (Å²) in [5.41, 5.74) is 2.88. The van der Waals surface area contributed by atoms with Crippen LogP contribution in [0.3, 0.4) is 0 Å². The SMILES string of the molecule is c1ccc(CN2CCN(C3CCN(Cc4ccccc4)C3)CC2)cc1. The molecule has 0 spiro atoms. The second-order valence-corrected chi connectivity index (χ2v) is 7.46. The van der Waals surface area contributed by atoms with Crippen molar-refractivity contribution in [1.82, 2.24) is 14.7 Å². The molecule has 25 heavy (non-hydrogen) atoms. The Morgan fingerprint density at radius 3 is 1.80 bits per heavy atom. The summed E-state index contributed by atoms with van der Waals surface area (Å²) >= 11 is 0. The zero-order valence-electron chi connectivity index (χ0n) is 15.1. The number of likely N-dealkylation sites (tertiary alicyclic amines) is 1. The van der Waals surface area contributed by atoms with Gasteiger partial charge in [-0.15, -0.1) is 0 Å². The summed E-state index contributed by atoms with van der Waals surface area (Å²) in [6.45, 7) is 9.50. The van der Waals surface area contributed by atoms with Gasteiger partial charge in [-0.3, -0.25) is 14.7 Å². The van der Waals surface area contributed by atoms with Gasteiger partial charge in [0.15, 0.2) is 0 Å². The zero-order valence-corrected chi connectivity index (χ0v) is 15.1. The van der Waals surface area contributed by atoms with E-state index in [9.17, 15) is 0 Å². The lowest BCUT2D eigenvalue weighted by Crippen LogP contribution is -2.50. The van der Waals surface area contributed by atoms with E-state index in [-0.39, 0.29) is 0 Å². The van der Waals surface area contributed by atoms with Crippen LogP contribution in [-0.4, -0.2) is 60.0 Å². The van der Waals surface area contributed by atoms with E-state index in [1.807, 2.05) is 0 Å². The van der Waals surface area contributed by atoms with Crippen LogP contribution in [0.5, 0.6) is 0 Å². The quantitative estimate of drug-likeness (QED) is 0.831. The first kappa shape index (κ1) is 16.8. The molecule has 2 saturated heterocycles. The molecule has 2 heterocycles. The summed E-state index contributed by atoms with van der Waals surface area (Å²) in [4.78, 5) is 7.95. The Hall–Kier alpha value is -1.68. The molecule has 132 valence electrons. The molecule has 0 bridgehead atoms. The van der Waals surface area contributed by atoms with Crippen molar-refractivity contribution in [2.45, 2.75) is 25.6 Å². The molecule has 2 aliphatic rings. The van der Waals surface area contributed by atoms with Gasteiger partial charge in [0.2, 0.25) is 0 Å². The van der Waals surface area contributed by atoms with Crippen LogP contribution >= 0.6 is 0 Å². The normalized spacial score (nSPS) is 23.1. The minimum Gasteiger partial charge on any atom is -0.297 e. The standard InChI is InChI=1S/C22H29N3/c1-3-7-20(8-4-1)17-23-13-15-25(16-14-23)22-11-12-24(19-22)18-21-9-5-2-6-10-21/h1-10,22H,11-19H2. The number of hydrogen-bond donors (Lipinski definition) is 0. The van der Waals surface area contributed by atoms with Crippen LogP contribution in [0.1, 0.15) is 17.5 Å². The smallest absolute Gasteiger partial charge is 0.0236 e. The fraction of sp³-hybridized carbons (Fsp3) is 0.455. The number of nitrogens with zero attached hydrogens (tertiary/aromatic N) is 3. The predicted octanol–water partition coefficient (Wildman–Crippen LogP) is 3.08. The van der Waals surface area contributed by atoms with Gasteiger partial charge < -0.3 is 0 Å². The van der Waals surface area contributed by atoms with Gasteiger partial charge in [-0.1, -0.05) is 60.7 Å². The van der Waals surface area contributed by atoms with Gasteiger partial charge in [0.1, 0.15) is 0 Å². The van der Waals surface area contributed by atoms with E-state index < -0.39 is 0 Å². The molecule has 2 fully saturated rings. The van der Waals surface area contributed by atoms with Crippen LogP contribution < -0.4 is 0 Å².